The Kier molecular flexibility index (Phi) is 3.25. The van der Waals surface area contributed by atoms with E-state index in [2.05, 4.69) is 23.4 Å². The smallest absolute Gasteiger partial charge is 0.276 e. The van der Waals surface area contributed by atoms with E-state index in [9.17, 15) is 4.79 Å². The molecule has 0 unspecified atom stereocenters. The van der Waals surface area contributed by atoms with Crippen molar-refractivity contribution in [3.8, 4) is 0 Å². The Morgan fingerprint density at radius 3 is 2.90 bits per heavy atom. The highest BCUT2D eigenvalue weighted by molar-refractivity contribution is 5.50. The minimum atomic E-state index is -0.0171. The highest BCUT2D eigenvalue weighted by Crippen LogP contribution is 2.12. The van der Waals surface area contributed by atoms with Crippen LogP contribution < -0.4 is 10.9 Å². The number of fused-ring (bicyclic) bond motifs is 1. The average molecular weight is 268 g/mol. The first kappa shape index (κ1) is 12.5. The molecule has 0 amide bonds. The maximum absolute atomic E-state index is 12.2. The Hall–Kier alpha value is -2.56. The third-order valence-electron chi connectivity index (χ3n) is 3.35. The van der Waals surface area contributed by atoms with Crippen LogP contribution in [0.2, 0.25) is 0 Å². The van der Waals surface area contributed by atoms with Crippen molar-refractivity contribution in [2.24, 2.45) is 0 Å². The molecular formula is C15H16N4O. The number of benzene rings is 1. The highest BCUT2D eigenvalue weighted by atomic mass is 16.1. The van der Waals surface area contributed by atoms with Crippen LogP contribution in [-0.2, 0) is 6.54 Å². The molecule has 0 bridgehead atoms. The maximum atomic E-state index is 12.2. The summed E-state index contributed by atoms with van der Waals surface area (Å²) in [7, 11) is 0. The first-order chi connectivity index (χ1) is 9.75. The molecule has 0 spiro atoms. The van der Waals surface area contributed by atoms with Gasteiger partial charge < -0.3 is 9.88 Å². The van der Waals surface area contributed by atoms with Crippen LogP contribution in [0.1, 0.15) is 5.56 Å². The van der Waals surface area contributed by atoms with E-state index < -0.39 is 0 Å². The van der Waals surface area contributed by atoms with Crippen LogP contribution in [0.3, 0.4) is 0 Å². The van der Waals surface area contributed by atoms with Crippen LogP contribution in [-0.4, -0.2) is 20.7 Å². The van der Waals surface area contributed by atoms with Gasteiger partial charge in [0.1, 0.15) is 5.52 Å². The van der Waals surface area contributed by atoms with Crippen molar-refractivity contribution in [3.63, 3.8) is 0 Å². The summed E-state index contributed by atoms with van der Waals surface area (Å²) in [5.41, 5.74) is 2.89. The van der Waals surface area contributed by atoms with Gasteiger partial charge in [-0.2, -0.15) is 5.10 Å². The van der Waals surface area contributed by atoms with Gasteiger partial charge in [-0.05, 0) is 24.6 Å². The molecule has 2 aromatic heterocycles. The van der Waals surface area contributed by atoms with Gasteiger partial charge in [-0.15, -0.1) is 0 Å². The van der Waals surface area contributed by atoms with Gasteiger partial charge in [0.25, 0.3) is 5.56 Å². The largest absolute Gasteiger partial charge is 0.383 e. The van der Waals surface area contributed by atoms with Crippen LogP contribution >= 0.6 is 0 Å². The zero-order valence-corrected chi connectivity index (χ0v) is 11.3. The highest BCUT2D eigenvalue weighted by Gasteiger charge is 2.03. The number of nitrogens with one attached hydrogen (secondary N) is 1. The zero-order valence-electron chi connectivity index (χ0n) is 11.3. The fraction of sp³-hybridized carbons (Fsp3) is 0.200. The number of hydrogen-bond acceptors (Lipinski definition) is 3. The van der Waals surface area contributed by atoms with Crippen molar-refractivity contribution >= 4 is 11.2 Å². The molecule has 0 radical (unpaired) electrons. The van der Waals surface area contributed by atoms with Gasteiger partial charge in [0.05, 0.1) is 6.20 Å². The van der Waals surface area contributed by atoms with E-state index in [0.29, 0.717) is 18.6 Å². The standard InChI is InChI=1S/C15H16N4O/c1-12-4-2-3-5-13(12)16-8-9-18-10-11-19-14(15(18)20)6-7-17-19/h2-7,10-11,16H,8-9H2,1H3. The Labute approximate surface area is 116 Å². The Morgan fingerprint density at radius 2 is 2.05 bits per heavy atom. The molecule has 0 atom stereocenters. The molecular weight excluding hydrogens is 252 g/mol. The van der Waals surface area contributed by atoms with Gasteiger partial charge in [0.15, 0.2) is 0 Å². The second kappa shape index (κ2) is 5.21. The quantitative estimate of drug-likeness (QED) is 0.786. The molecule has 1 aromatic carbocycles. The molecule has 3 aromatic rings. The van der Waals surface area contributed by atoms with Crippen LogP contribution in [0.4, 0.5) is 5.69 Å². The summed E-state index contributed by atoms with van der Waals surface area (Å²) in [5, 5.41) is 7.40. The lowest BCUT2D eigenvalue weighted by Crippen LogP contribution is -2.24. The topological polar surface area (TPSA) is 51.3 Å². The van der Waals surface area contributed by atoms with Crippen LogP contribution in [0, 0.1) is 6.92 Å². The van der Waals surface area contributed by atoms with E-state index in [0.717, 1.165) is 5.69 Å². The summed E-state index contributed by atoms with van der Waals surface area (Å²) in [5.74, 6) is 0. The van der Waals surface area contributed by atoms with E-state index >= 15 is 0 Å². The number of para-hydroxylation sites is 1. The molecule has 2 heterocycles. The fourth-order valence-electron chi connectivity index (χ4n) is 2.22. The van der Waals surface area contributed by atoms with E-state index in [1.54, 1.807) is 33.7 Å². The summed E-state index contributed by atoms with van der Waals surface area (Å²) in [6, 6.07) is 9.84. The predicted molar refractivity (Wildman–Crippen MR) is 79.1 cm³/mol. The number of anilines is 1. The molecule has 0 aliphatic carbocycles. The second-order valence-electron chi connectivity index (χ2n) is 4.70. The summed E-state index contributed by atoms with van der Waals surface area (Å²) in [6.45, 7) is 3.39. The van der Waals surface area contributed by atoms with E-state index in [-0.39, 0.29) is 5.56 Å². The molecule has 0 aliphatic rings. The first-order valence-corrected chi connectivity index (χ1v) is 6.58. The summed E-state index contributed by atoms with van der Waals surface area (Å²) < 4.78 is 3.29. The third-order valence-corrected chi connectivity index (χ3v) is 3.35. The number of hydrogen-bond donors (Lipinski definition) is 1. The first-order valence-electron chi connectivity index (χ1n) is 6.58. The van der Waals surface area contributed by atoms with Gasteiger partial charge in [0, 0.05) is 31.2 Å². The monoisotopic (exact) mass is 268 g/mol. The summed E-state index contributed by atoms with van der Waals surface area (Å²) in [6.07, 6.45) is 5.19. The van der Waals surface area contributed by atoms with Gasteiger partial charge in [-0.3, -0.25) is 4.79 Å². The van der Waals surface area contributed by atoms with Crippen molar-refractivity contribution in [3.05, 3.63) is 64.8 Å². The second-order valence-corrected chi connectivity index (χ2v) is 4.70. The Balaban J connectivity index is 1.73. The molecule has 3 rings (SSSR count). The van der Waals surface area contributed by atoms with E-state index in [4.69, 9.17) is 0 Å². The molecule has 5 nitrogen and oxygen atoms in total. The number of rotatable bonds is 4. The van der Waals surface area contributed by atoms with Crippen LogP contribution in [0.15, 0.2) is 53.7 Å². The average Bonchev–Trinajstić information content (AvgIpc) is 2.93. The van der Waals surface area contributed by atoms with Crippen molar-refractivity contribution in [2.45, 2.75) is 13.5 Å². The summed E-state index contributed by atoms with van der Waals surface area (Å²) >= 11 is 0. The van der Waals surface area contributed by atoms with E-state index in [1.807, 2.05) is 18.2 Å². The van der Waals surface area contributed by atoms with E-state index in [1.165, 1.54) is 5.56 Å². The molecule has 0 saturated carbocycles. The zero-order chi connectivity index (χ0) is 13.9. The molecule has 0 aliphatic heterocycles. The molecule has 0 fully saturated rings. The normalized spacial score (nSPS) is 10.8. The number of aryl methyl sites for hydroxylation is 1. The lowest BCUT2D eigenvalue weighted by atomic mass is 10.2. The Bertz CT molecular complexity index is 788. The molecule has 1 N–H and O–H groups in total. The van der Waals surface area contributed by atoms with Gasteiger partial charge in [-0.1, -0.05) is 18.2 Å². The molecule has 20 heavy (non-hydrogen) atoms. The van der Waals surface area contributed by atoms with Gasteiger partial charge >= 0.3 is 0 Å². The minimum Gasteiger partial charge on any atom is -0.383 e. The SMILES string of the molecule is Cc1ccccc1NCCn1ccn2nccc2c1=O. The lowest BCUT2D eigenvalue weighted by molar-refractivity contribution is 0.688. The maximum Gasteiger partial charge on any atom is 0.276 e. The summed E-state index contributed by atoms with van der Waals surface area (Å²) in [4.78, 5) is 12.2. The van der Waals surface area contributed by atoms with Crippen molar-refractivity contribution < 1.29 is 0 Å². The third kappa shape index (κ3) is 2.30. The van der Waals surface area contributed by atoms with Crippen molar-refractivity contribution in [2.75, 3.05) is 11.9 Å². The minimum absolute atomic E-state index is 0.0171. The van der Waals surface area contributed by atoms with Crippen LogP contribution in [0.25, 0.3) is 5.52 Å². The van der Waals surface area contributed by atoms with Gasteiger partial charge in [0.2, 0.25) is 0 Å². The fourth-order valence-corrected chi connectivity index (χ4v) is 2.22. The number of nitrogens with zero attached hydrogens (tertiary/aromatic N) is 3. The molecule has 5 heteroatoms. The van der Waals surface area contributed by atoms with Crippen LogP contribution in [0.5, 0.6) is 0 Å². The van der Waals surface area contributed by atoms with Crippen molar-refractivity contribution in [1.29, 1.82) is 0 Å². The predicted octanol–water partition coefficient (Wildman–Crippen LogP) is 1.92. The molecule has 0 saturated heterocycles. The Morgan fingerprint density at radius 1 is 1.20 bits per heavy atom. The molecule has 102 valence electrons. The van der Waals surface area contributed by atoms with Gasteiger partial charge in [-0.25, -0.2) is 4.52 Å². The van der Waals surface area contributed by atoms with Crippen molar-refractivity contribution in [1.82, 2.24) is 14.2 Å². The lowest BCUT2D eigenvalue weighted by Gasteiger charge is -2.10. The number of aromatic nitrogens is 3.